The Balaban J connectivity index is 2.67. The Labute approximate surface area is 125 Å². The van der Waals surface area contributed by atoms with Gasteiger partial charge in [-0.15, -0.1) is 0 Å². The van der Waals surface area contributed by atoms with Gasteiger partial charge in [-0.25, -0.2) is 9.59 Å². The highest BCUT2D eigenvalue weighted by Gasteiger charge is 2.48. The van der Waals surface area contributed by atoms with E-state index in [1.807, 2.05) is 13.8 Å². The molecule has 2 N–H and O–H groups in total. The fraction of sp³-hybridized carbons (Fsp3) is 0.786. The molecule has 7 nitrogen and oxygen atoms in total. The lowest BCUT2D eigenvalue weighted by Crippen LogP contribution is -2.56. The monoisotopic (exact) mass is 299 g/mol. The van der Waals surface area contributed by atoms with Crippen LogP contribution in [0.2, 0.25) is 0 Å². The van der Waals surface area contributed by atoms with E-state index in [4.69, 9.17) is 0 Å². The quantitative estimate of drug-likeness (QED) is 0.762. The van der Waals surface area contributed by atoms with Crippen LogP contribution in [0.25, 0.3) is 0 Å². The third-order valence-electron chi connectivity index (χ3n) is 4.22. The Morgan fingerprint density at radius 2 is 1.86 bits per heavy atom. The molecular weight excluding hydrogens is 274 g/mol. The molecule has 1 aliphatic rings. The Morgan fingerprint density at radius 3 is 2.33 bits per heavy atom. The van der Waals surface area contributed by atoms with E-state index in [-0.39, 0.29) is 12.5 Å². The number of nitrogens with one attached hydrogen (secondary N) is 1. The third-order valence-corrected chi connectivity index (χ3v) is 4.22. The number of rotatable bonds is 6. The number of likely N-dealkylation sites (N-methyl/N-ethyl adjacent to an activating group) is 1. The van der Waals surface area contributed by atoms with Crippen LogP contribution < -0.4 is 5.32 Å². The SMILES string of the molecule is CCN(CC)C(=O)CNC(=O)N1CCCC1(CC)C(=O)O. The van der Waals surface area contributed by atoms with E-state index >= 15 is 0 Å². The summed E-state index contributed by atoms with van der Waals surface area (Å²) in [6, 6.07) is -0.475. The maximum absolute atomic E-state index is 12.2. The summed E-state index contributed by atoms with van der Waals surface area (Å²) in [5, 5.41) is 12.0. The van der Waals surface area contributed by atoms with Crippen LogP contribution >= 0.6 is 0 Å². The Kier molecular flexibility index (Phi) is 5.99. The van der Waals surface area contributed by atoms with Crippen LogP contribution in [0.15, 0.2) is 0 Å². The summed E-state index contributed by atoms with van der Waals surface area (Å²) in [7, 11) is 0. The van der Waals surface area contributed by atoms with Crippen molar-refractivity contribution in [2.24, 2.45) is 0 Å². The van der Waals surface area contributed by atoms with Gasteiger partial charge in [0, 0.05) is 19.6 Å². The molecule has 3 amide bonds. The molecule has 0 aromatic heterocycles. The number of hydrogen-bond acceptors (Lipinski definition) is 3. The van der Waals surface area contributed by atoms with Crippen LogP contribution in [0.5, 0.6) is 0 Å². The number of aliphatic carboxylic acids is 1. The summed E-state index contributed by atoms with van der Waals surface area (Å²) in [4.78, 5) is 38.6. The minimum atomic E-state index is -1.14. The third kappa shape index (κ3) is 3.46. The van der Waals surface area contributed by atoms with Gasteiger partial charge in [-0.2, -0.15) is 0 Å². The minimum absolute atomic E-state index is 0.101. The number of carbonyl (C=O) groups is 3. The molecule has 1 heterocycles. The van der Waals surface area contributed by atoms with Gasteiger partial charge in [0.15, 0.2) is 0 Å². The summed E-state index contributed by atoms with van der Waals surface area (Å²) >= 11 is 0. The lowest BCUT2D eigenvalue weighted by atomic mass is 9.93. The predicted molar refractivity (Wildman–Crippen MR) is 77.9 cm³/mol. The van der Waals surface area contributed by atoms with Crippen LogP contribution in [-0.4, -0.2) is 64.5 Å². The van der Waals surface area contributed by atoms with Crippen LogP contribution in [0.3, 0.4) is 0 Å². The molecule has 1 fully saturated rings. The van der Waals surface area contributed by atoms with Gasteiger partial charge in [-0.1, -0.05) is 6.92 Å². The van der Waals surface area contributed by atoms with Crippen molar-refractivity contribution >= 4 is 17.9 Å². The van der Waals surface area contributed by atoms with Crippen molar-refractivity contribution < 1.29 is 19.5 Å². The van der Waals surface area contributed by atoms with E-state index in [2.05, 4.69) is 5.32 Å². The average Bonchev–Trinajstić information content (AvgIpc) is 2.91. The minimum Gasteiger partial charge on any atom is -0.479 e. The second kappa shape index (κ2) is 7.28. The number of amides is 3. The fourth-order valence-corrected chi connectivity index (χ4v) is 2.85. The molecule has 1 saturated heterocycles. The number of urea groups is 1. The van der Waals surface area contributed by atoms with Gasteiger partial charge in [-0.05, 0) is 33.1 Å². The first-order chi connectivity index (χ1) is 9.92. The summed E-state index contributed by atoms with van der Waals surface area (Å²) in [6.45, 7) is 6.99. The van der Waals surface area contributed by atoms with Gasteiger partial charge >= 0.3 is 12.0 Å². The molecule has 1 aliphatic heterocycles. The molecule has 0 aromatic rings. The van der Waals surface area contributed by atoms with Crippen molar-refractivity contribution in [2.75, 3.05) is 26.2 Å². The predicted octanol–water partition coefficient (Wildman–Crippen LogP) is 0.894. The highest BCUT2D eigenvalue weighted by atomic mass is 16.4. The number of carbonyl (C=O) groups excluding carboxylic acids is 2. The van der Waals surface area contributed by atoms with Crippen LogP contribution in [0, 0.1) is 0 Å². The topological polar surface area (TPSA) is 90.0 Å². The van der Waals surface area contributed by atoms with Gasteiger partial charge in [0.1, 0.15) is 5.54 Å². The summed E-state index contributed by atoms with van der Waals surface area (Å²) < 4.78 is 0. The fourth-order valence-electron chi connectivity index (χ4n) is 2.85. The van der Waals surface area contributed by atoms with Gasteiger partial charge in [-0.3, -0.25) is 4.79 Å². The second-order valence-electron chi connectivity index (χ2n) is 5.17. The van der Waals surface area contributed by atoms with Crippen molar-refractivity contribution in [3.63, 3.8) is 0 Å². The van der Waals surface area contributed by atoms with Gasteiger partial charge < -0.3 is 20.2 Å². The molecule has 0 spiro atoms. The molecule has 0 radical (unpaired) electrons. The van der Waals surface area contributed by atoms with Gasteiger partial charge in [0.2, 0.25) is 5.91 Å². The summed E-state index contributed by atoms with van der Waals surface area (Å²) in [5.74, 6) is -1.14. The zero-order valence-corrected chi connectivity index (χ0v) is 13.0. The number of carboxylic acids is 1. The molecule has 1 atom stereocenters. The smallest absolute Gasteiger partial charge is 0.329 e. The average molecular weight is 299 g/mol. The normalized spacial score (nSPS) is 21.2. The Bertz CT molecular complexity index is 409. The van der Waals surface area contributed by atoms with Crippen LogP contribution in [0.1, 0.15) is 40.0 Å². The van der Waals surface area contributed by atoms with Crippen molar-refractivity contribution in [2.45, 2.75) is 45.6 Å². The maximum Gasteiger partial charge on any atom is 0.329 e. The first kappa shape index (κ1) is 17.3. The van der Waals surface area contributed by atoms with E-state index in [0.29, 0.717) is 38.9 Å². The highest BCUT2D eigenvalue weighted by Crippen LogP contribution is 2.32. The maximum atomic E-state index is 12.2. The van der Waals surface area contributed by atoms with E-state index in [0.717, 1.165) is 0 Å². The molecular formula is C14H25N3O4. The molecule has 0 saturated carbocycles. The molecule has 21 heavy (non-hydrogen) atoms. The summed E-state index contributed by atoms with van der Waals surface area (Å²) in [6.07, 6.45) is 1.48. The molecule has 0 aromatic carbocycles. The van der Waals surface area contributed by atoms with Crippen molar-refractivity contribution in [1.29, 1.82) is 0 Å². The van der Waals surface area contributed by atoms with E-state index in [9.17, 15) is 19.5 Å². The number of nitrogens with zero attached hydrogens (tertiary/aromatic N) is 2. The van der Waals surface area contributed by atoms with Crippen molar-refractivity contribution in [3.05, 3.63) is 0 Å². The van der Waals surface area contributed by atoms with E-state index in [1.165, 1.54) is 4.90 Å². The second-order valence-corrected chi connectivity index (χ2v) is 5.17. The van der Waals surface area contributed by atoms with Crippen LogP contribution in [-0.2, 0) is 9.59 Å². The first-order valence-electron chi connectivity index (χ1n) is 7.49. The number of hydrogen-bond donors (Lipinski definition) is 2. The number of carboxylic acid groups (broad SMARTS) is 1. The highest BCUT2D eigenvalue weighted by molar-refractivity contribution is 5.89. The van der Waals surface area contributed by atoms with Crippen LogP contribution in [0.4, 0.5) is 4.79 Å². The lowest BCUT2D eigenvalue weighted by Gasteiger charge is -2.33. The zero-order valence-electron chi connectivity index (χ0n) is 13.0. The Morgan fingerprint density at radius 1 is 1.24 bits per heavy atom. The van der Waals surface area contributed by atoms with Crippen molar-refractivity contribution in [1.82, 2.24) is 15.1 Å². The van der Waals surface area contributed by atoms with E-state index < -0.39 is 17.5 Å². The van der Waals surface area contributed by atoms with Gasteiger partial charge in [0.05, 0.1) is 6.54 Å². The molecule has 1 rings (SSSR count). The number of likely N-dealkylation sites (tertiary alicyclic amines) is 1. The standard InChI is InChI=1S/C14H25N3O4/c1-4-14(12(19)20)8-7-9-17(14)13(21)15-10-11(18)16(5-2)6-3/h4-10H2,1-3H3,(H,15,21)(H,19,20). The van der Waals surface area contributed by atoms with Crippen molar-refractivity contribution in [3.8, 4) is 0 Å². The molecule has 120 valence electrons. The molecule has 0 aliphatic carbocycles. The lowest BCUT2D eigenvalue weighted by molar-refractivity contribution is -0.148. The zero-order chi connectivity index (χ0) is 16.0. The molecule has 0 bridgehead atoms. The Hall–Kier alpha value is -1.79. The first-order valence-corrected chi connectivity index (χ1v) is 7.49. The summed E-state index contributed by atoms with van der Waals surface area (Å²) in [5.41, 5.74) is -1.14. The molecule has 7 heteroatoms. The largest absolute Gasteiger partial charge is 0.479 e. The van der Waals surface area contributed by atoms with Gasteiger partial charge in [0.25, 0.3) is 0 Å². The molecule has 1 unspecified atom stereocenters. The van der Waals surface area contributed by atoms with E-state index in [1.54, 1.807) is 11.8 Å².